The number of hydrogen-bond donors (Lipinski definition) is 2. The summed E-state index contributed by atoms with van der Waals surface area (Å²) in [5.41, 5.74) is -1.52. The number of anilines is 1. The summed E-state index contributed by atoms with van der Waals surface area (Å²) in [5, 5.41) is 8.67. The first-order valence-corrected chi connectivity index (χ1v) is 8.24. The second kappa shape index (κ2) is 5.65. The van der Waals surface area contributed by atoms with E-state index in [2.05, 4.69) is 0 Å². The number of hydrogen-bond acceptors (Lipinski definition) is 4. The summed E-state index contributed by atoms with van der Waals surface area (Å²) in [6.07, 6.45) is 0. The van der Waals surface area contributed by atoms with Gasteiger partial charge in [0.1, 0.15) is 22.1 Å². The lowest BCUT2D eigenvalue weighted by molar-refractivity contribution is 0.0686. The van der Waals surface area contributed by atoms with E-state index in [0.717, 1.165) is 4.88 Å². The molecule has 0 bridgehead atoms. The Hall–Kier alpha value is -2.00. The molecule has 0 fully saturated rings. The number of aryl methyl sites for hydroxylation is 2. The minimum absolute atomic E-state index is 0.0122. The number of halogens is 2. The molecule has 5 nitrogen and oxygen atoms in total. The number of sulfonamides is 1. The number of carboxylic acid groups (broad SMARTS) is 1. The Balaban J connectivity index is 2.43. The third kappa shape index (κ3) is 3.09. The van der Waals surface area contributed by atoms with Gasteiger partial charge in [0.05, 0.1) is 5.69 Å². The molecular formula is C13H11F2NO4S2. The van der Waals surface area contributed by atoms with Gasteiger partial charge in [0, 0.05) is 9.75 Å². The Morgan fingerprint density at radius 3 is 2.14 bits per heavy atom. The van der Waals surface area contributed by atoms with Gasteiger partial charge in [-0.1, -0.05) is 0 Å². The predicted molar refractivity (Wildman–Crippen MR) is 77.9 cm³/mol. The highest BCUT2D eigenvalue weighted by Gasteiger charge is 2.22. The van der Waals surface area contributed by atoms with Crippen LogP contribution >= 0.6 is 11.3 Å². The Bertz CT molecular complexity index is 836. The van der Waals surface area contributed by atoms with Crippen LogP contribution in [0, 0.1) is 25.5 Å². The minimum Gasteiger partial charge on any atom is -0.477 e. The van der Waals surface area contributed by atoms with E-state index < -0.39 is 33.2 Å². The number of nitrogens with one attached hydrogen (secondary N) is 1. The van der Waals surface area contributed by atoms with Gasteiger partial charge < -0.3 is 5.11 Å². The van der Waals surface area contributed by atoms with Gasteiger partial charge in [0.2, 0.25) is 0 Å². The normalized spacial score (nSPS) is 11.5. The van der Waals surface area contributed by atoms with Crippen LogP contribution in [0.3, 0.4) is 0 Å². The van der Waals surface area contributed by atoms with Crippen molar-refractivity contribution in [1.29, 1.82) is 0 Å². The summed E-state index contributed by atoms with van der Waals surface area (Å²) in [5.74, 6) is -4.49. The quantitative estimate of drug-likeness (QED) is 0.890. The maximum atomic E-state index is 13.6. The lowest BCUT2D eigenvalue weighted by Crippen LogP contribution is -2.14. The first-order valence-electron chi connectivity index (χ1n) is 5.94. The second-order valence-electron chi connectivity index (χ2n) is 4.50. The van der Waals surface area contributed by atoms with Crippen molar-refractivity contribution in [2.24, 2.45) is 0 Å². The zero-order valence-corrected chi connectivity index (χ0v) is 13.1. The molecule has 1 aromatic carbocycles. The third-order valence-corrected chi connectivity index (χ3v) is 5.40. The van der Waals surface area contributed by atoms with E-state index in [1.807, 2.05) is 4.72 Å². The van der Waals surface area contributed by atoms with Crippen LogP contribution in [0.15, 0.2) is 23.1 Å². The largest absolute Gasteiger partial charge is 0.477 e. The number of benzene rings is 1. The molecule has 0 aliphatic rings. The summed E-state index contributed by atoms with van der Waals surface area (Å²) in [7, 11) is -4.01. The van der Waals surface area contributed by atoms with Gasteiger partial charge >= 0.3 is 5.97 Å². The highest BCUT2D eigenvalue weighted by Crippen LogP contribution is 2.27. The van der Waals surface area contributed by atoms with E-state index in [1.54, 1.807) is 13.8 Å². The SMILES string of the molecule is Cc1cc(S(=O)(=O)Nc2cc(F)c(C(=O)O)c(F)c2)c(C)s1. The second-order valence-corrected chi connectivity index (χ2v) is 7.61. The van der Waals surface area contributed by atoms with E-state index in [9.17, 15) is 22.0 Å². The van der Waals surface area contributed by atoms with Gasteiger partial charge in [0.15, 0.2) is 0 Å². The third-order valence-electron chi connectivity index (χ3n) is 2.79. The number of carboxylic acids is 1. The lowest BCUT2D eigenvalue weighted by Gasteiger charge is -2.09. The molecule has 0 spiro atoms. The molecule has 118 valence electrons. The van der Waals surface area contributed by atoms with Gasteiger partial charge in [-0.2, -0.15) is 0 Å². The van der Waals surface area contributed by atoms with Gasteiger partial charge in [-0.3, -0.25) is 4.72 Å². The molecule has 2 rings (SSSR count). The first-order chi connectivity index (χ1) is 10.1. The van der Waals surface area contributed by atoms with Crippen LogP contribution in [0.1, 0.15) is 20.1 Å². The fourth-order valence-electron chi connectivity index (χ4n) is 1.92. The highest BCUT2D eigenvalue weighted by molar-refractivity contribution is 7.93. The summed E-state index contributed by atoms with van der Waals surface area (Å²) in [6, 6.07) is 2.69. The van der Waals surface area contributed by atoms with Crippen molar-refractivity contribution in [3.8, 4) is 0 Å². The Kier molecular flexibility index (Phi) is 4.21. The molecule has 0 aliphatic carbocycles. The van der Waals surface area contributed by atoms with E-state index in [-0.39, 0.29) is 10.6 Å². The van der Waals surface area contributed by atoms with E-state index >= 15 is 0 Å². The monoisotopic (exact) mass is 347 g/mol. The molecule has 2 aromatic rings. The summed E-state index contributed by atoms with van der Waals surface area (Å²) in [6.45, 7) is 3.35. The Morgan fingerprint density at radius 1 is 1.18 bits per heavy atom. The van der Waals surface area contributed by atoms with Crippen LogP contribution in [-0.2, 0) is 10.0 Å². The Morgan fingerprint density at radius 2 is 1.73 bits per heavy atom. The van der Waals surface area contributed by atoms with Crippen LogP contribution < -0.4 is 4.72 Å². The average Bonchev–Trinajstić information content (AvgIpc) is 2.67. The molecule has 1 aromatic heterocycles. The number of carbonyl (C=O) groups is 1. The van der Waals surface area contributed by atoms with Crippen molar-refractivity contribution < 1.29 is 27.1 Å². The standard InChI is InChI=1S/C13H11F2NO4S2/c1-6-3-11(7(2)21-6)22(19,20)16-8-4-9(14)12(13(17)18)10(15)5-8/h3-5,16H,1-2H3,(H,17,18). The molecule has 9 heteroatoms. The van der Waals surface area contributed by atoms with Gasteiger partial charge in [0.25, 0.3) is 10.0 Å². The lowest BCUT2D eigenvalue weighted by atomic mass is 10.2. The zero-order chi connectivity index (χ0) is 16.7. The van der Waals surface area contributed by atoms with Crippen LogP contribution in [0.25, 0.3) is 0 Å². The van der Waals surface area contributed by atoms with Gasteiger partial charge in [-0.25, -0.2) is 22.0 Å². The number of aromatic carboxylic acids is 1. The molecule has 0 atom stereocenters. The molecule has 0 unspecified atom stereocenters. The fourth-order valence-corrected chi connectivity index (χ4v) is 4.52. The smallest absolute Gasteiger partial charge is 0.341 e. The maximum absolute atomic E-state index is 13.6. The zero-order valence-electron chi connectivity index (χ0n) is 11.5. The topological polar surface area (TPSA) is 83.5 Å². The van der Waals surface area contributed by atoms with Crippen LogP contribution in [0.4, 0.5) is 14.5 Å². The van der Waals surface area contributed by atoms with Crippen molar-refractivity contribution in [1.82, 2.24) is 0 Å². The van der Waals surface area contributed by atoms with Crippen LogP contribution in [0.5, 0.6) is 0 Å². The van der Waals surface area contributed by atoms with E-state index in [1.165, 1.54) is 17.4 Å². The molecule has 0 aliphatic heterocycles. The molecular weight excluding hydrogens is 336 g/mol. The average molecular weight is 347 g/mol. The van der Waals surface area contributed by atoms with Crippen molar-refractivity contribution in [2.45, 2.75) is 18.7 Å². The predicted octanol–water partition coefficient (Wildman–Crippen LogP) is 3.14. The van der Waals surface area contributed by atoms with Crippen LogP contribution in [0.2, 0.25) is 0 Å². The fraction of sp³-hybridized carbons (Fsp3) is 0.154. The van der Waals surface area contributed by atoms with Gasteiger partial charge in [-0.15, -0.1) is 11.3 Å². The van der Waals surface area contributed by atoms with Crippen LogP contribution in [-0.4, -0.2) is 19.5 Å². The first kappa shape index (κ1) is 16.4. The summed E-state index contributed by atoms with van der Waals surface area (Å²) < 4.78 is 53.6. The summed E-state index contributed by atoms with van der Waals surface area (Å²) in [4.78, 5) is 12.0. The molecule has 2 N–H and O–H groups in total. The van der Waals surface area contributed by atoms with Crippen molar-refractivity contribution >= 4 is 33.0 Å². The maximum Gasteiger partial charge on any atom is 0.341 e. The molecule has 1 heterocycles. The number of thiophene rings is 1. The van der Waals surface area contributed by atoms with E-state index in [4.69, 9.17) is 5.11 Å². The number of rotatable bonds is 4. The molecule has 0 amide bonds. The molecule has 0 saturated heterocycles. The highest BCUT2D eigenvalue weighted by atomic mass is 32.2. The molecule has 0 saturated carbocycles. The van der Waals surface area contributed by atoms with Crippen molar-refractivity contribution in [3.63, 3.8) is 0 Å². The summed E-state index contributed by atoms with van der Waals surface area (Å²) >= 11 is 1.27. The molecule has 0 radical (unpaired) electrons. The van der Waals surface area contributed by atoms with Crippen molar-refractivity contribution in [3.05, 3.63) is 45.2 Å². The minimum atomic E-state index is -4.01. The van der Waals surface area contributed by atoms with Crippen molar-refractivity contribution in [2.75, 3.05) is 4.72 Å². The van der Waals surface area contributed by atoms with E-state index in [0.29, 0.717) is 17.0 Å². The Labute approximate surface area is 129 Å². The van der Waals surface area contributed by atoms with Gasteiger partial charge in [-0.05, 0) is 32.0 Å². The molecule has 22 heavy (non-hydrogen) atoms.